The van der Waals surface area contributed by atoms with Crippen molar-refractivity contribution < 1.29 is 18.7 Å². The van der Waals surface area contributed by atoms with E-state index in [9.17, 15) is 14.0 Å². The molecular formula is C25H34FN3O3S. The lowest BCUT2D eigenvalue weighted by Gasteiger charge is -2.37. The molecule has 180 valence electrons. The molecule has 1 aromatic heterocycles. The lowest BCUT2D eigenvalue weighted by atomic mass is 10.00. The minimum atomic E-state index is -0.429. The van der Waals surface area contributed by atoms with Gasteiger partial charge in [0.15, 0.2) is 11.6 Å². The van der Waals surface area contributed by atoms with Crippen LogP contribution in [0.2, 0.25) is 0 Å². The van der Waals surface area contributed by atoms with Crippen LogP contribution in [-0.2, 0) is 11.2 Å². The number of para-hydroxylation sites is 1. The largest absolute Gasteiger partial charge is 0.488 e. The number of hydrogen-bond acceptors (Lipinski definition) is 4. The first-order valence-electron chi connectivity index (χ1n) is 11.6. The molecule has 2 aromatic rings. The molecule has 2 unspecified atom stereocenters. The third-order valence-electron chi connectivity index (χ3n) is 5.90. The lowest BCUT2D eigenvalue weighted by Crippen LogP contribution is -2.51. The molecule has 2 heterocycles. The third kappa shape index (κ3) is 6.47. The number of hydrogen-bond donors (Lipinski definition) is 1. The fraction of sp³-hybridized carbons (Fsp3) is 0.520. The van der Waals surface area contributed by atoms with Crippen molar-refractivity contribution in [1.82, 2.24) is 15.1 Å². The molecule has 3 amide bonds. The van der Waals surface area contributed by atoms with Gasteiger partial charge >= 0.3 is 6.03 Å². The smallest absolute Gasteiger partial charge is 0.318 e. The summed E-state index contributed by atoms with van der Waals surface area (Å²) in [6.45, 7) is 9.15. The maximum atomic E-state index is 14.1. The van der Waals surface area contributed by atoms with Crippen molar-refractivity contribution in [3.63, 3.8) is 0 Å². The minimum absolute atomic E-state index is 0.00143. The monoisotopic (exact) mass is 475 g/mol. The zero-order valence-corrected chi connectivity index (χ0v) is 20.7. The highest BCUT2D eigenvalue weighted by atomic mass is 32.1. The number of rotatable bonds is 9. The maximum Gasteiger partial charge on any atom is 0.318 e. The van der Waals surface area contributed by atoms with Crippen LogP contribution in [0.15, 0.2) is 35.7 Å². The van der Waals surface area contributed by atoms with E-state index in [1.807, 2.05) is 25.3 Å². The number of carbonyl (C=O) groups excluding carboxylic acids is 2. The van der Waals surface area contributed by atoms with Gasteiger partial charge in [-0.15, -0.1) is 11.3 Å². The Kier molecular flexibility index (Phi) is 8.72. The normalized spacial score (nSPS) is 16.3. The number of urea groups is 1. The second-order valence-electron chi connectivity index (χ2n) is 8.89. The van der Waals surface area contributed by atoms with Gasteiger partial charge in [0.05, 0.1) is 6.04 Å². The highest BCUT2D eigenvalue weighted by Crippen LogP contribution is 2.34. The van der Waals surface area contributed by atoms with Gasteiger partial charge in [-0.1, -0.05) is 32.4 Å². The highest BCUT2D eigenvalue weighted by Gasteiger charge is 2.34. The van der Waals surface area contributed by atoms with Gasteiger partial charge in [0.25, 0.3) is 0 Å². The van der Waals surface area contributed by atoms with E-state index < -0.39 is 5.82 Å². The quantitative estimate of drug-likeness (QED) is 0.564. The molecule has 1 aliphatic heterocycles. The Morgan fingerprint density at radius 3 is 2.73 bits per heavy atom. The van der Waals surface area contributed by atoms with Gasteiger partial charge in [-0.25, -0.2) is 9.18 Å². The van der Waals surface area contributed by atoms with E-state index in [0.29, 0.717) is 13.1 Å². The number of fused-ring (bicyclic) bond motifs is 1. The molecule has 0 aliphatic carbocycles. The third-order valence-corrected chi connectivity index (χ3v) is 6.90. The zero-order chi connectivity index (χ0) is 24.0. The van der Waals surface area contributed by atoms with Gasteiger partial charge in [0, 0.05) is 24.0 Å². The number of halogens is 1. The van der Waals surface area contributed by atoms with Crippen LogP contribution < -0.4 is 10.1 Å². The summed E-state index contributed by atoms with van der Waals surface area (Å²) in [5.74, 6) is -0.110. The van der Waals surface area contributed by atoms with Crippen LogP contribution >= 0.6 is 11.3 Å². The van der Waals surface area contributed by atoms with Crippen molar-refractivity contribution in [2.24, 2.45) is 5.92 Å². The van der Waals surface area contributed by atoms with E-state index in [1.165, 1.54) is 10.9 Å². The molecule has 1 aromatic carbocycles. The van der Waals surface area contributed by atoms with E-state index in [0.717, 1.165) is 18.4 Å². The average Bonchev–Trinajstić information content (AvgIpc) is 3.26. The van der Waals surface area contributed by atoms with E-state index in [-0.39, 0.29) is 48.8 Å². The molecule has 0 saturated carbocycles. The summed E-state index contributed by atoms with van der Waals surface area (Å²) in [5.41, 5.74) is 1.04. The van der Waals surface area contributed by atoms with Crippen LogP contribution in [0, 0.1) is 11.7 Å². The molecule has 0 radical (unpaired) electrons. The summed E-state index contributed by atoms with van der Waals surface area (Å²) in [6, 6.07) is 7.71. The van der Waals surface area contributed by atoms with Crippen LogP contribution in [-0.4, -0.2) is 54.0 Å². The first kappa shape index (κ1) is 25.0. The topological polar surface area (TPSA) is 61.9 Å². The molecular weight excluding hydrogens is 441 g/mol. The fourth-order valence-electron chi connectivity index (χ4n) is 3.92. The van der Waals surface area contributed by atoms with Gasteiger partial charge < -0.3 is 19.9 Å². The highest BCUT2D eigenvalue weighted by molar-refractivity contribution is 7.10. The van der Waals surface area contributed by atoms with Gasteiger partial charge in [-0.2, -0.15) is 0 Å². The summed E-state index contributed by atoms with van der Waals surface area (Å²) >= 11 is 1.66. The predicted molar refractivity (Wildman–Crippen MR) is 129 cm³/mol. The van der Waals surface area contributed by atoms with Crippen molar-refractivity contribution in [3.05, 3.63) is 52.0 Å². The van der Waals surface area contributed by atoms with Crippen LogP contribution in [0.5, 0.6) is 5.75 Å². The van der Waals surface area contributed by atoms with Crippen molar-refractivity contribution in [2.75, 3.05) is 26.2 Å². The second kappa shape index (κ2) is 11.5. The molecule has 33 heavy (non-hydrogen) atoms. The van der Waals surface area contributed by atoms with Crippen LogP contribution in [0.1, 0.15) is 50.6 Å². The summed E-state index contributed by atoms with van der Waals surface area (Å²) < 4.78 is 19.9. The number of thiophene rings is 1. The molecule has 1 N–H and O–H groups in total. The van der Waals surface area contributed by atoms with Crippen molar-refractivity contribution >= 4 is 23.3 Å². The number of carbonyl (C=O) groups is 2. The molecule has 0 fully saturated rings. The summed E-state index contributed by atoms with van der Waals surface area (Å²) in [6.07, 6.45) is 1.68. The predicted octanol–water partition coefficient (Wildman–Crippen LogP) is 4.86. The summed E-state index contributed by atoms with van der Waals surface area (Å²) in [5, 5.41) is 4.92. The summed E-state index contributed by atoms with van der Waals surface area (Å²) in [4.78, 5) is 30.9. The second-order valence-corrected chi connectivity index (χ2v) is 9.89. The van der Waals surface area contributed by atoms with E-state index in [1.54, 1.807) is 39.3 Å². The van der Waals surface area contributed by atoms with Gasteiger partial charge in [0.2, 0.25) is 5.91 Å². The maximum absolute atomic E-state index is 14.1. The number of ether oxygens (including phenoxy) is 1. The van der Waals surface area contributed by atoms with E-state index in [4.69, 9.17) is 4.74 Å². The SMILES string of the molecule is CCC(C)CN(CC(=O)N1CCc2sccc2C1COc1ccccc1F)C(=O)NC(C)C. The van der Waals surface area contributed by atoms with Crippen LogP contribution in [0.4, 0.5) is 9.18 Å². The molecule has 3 rings (SSSR count). The fourth-order valence-corrected chi connectivity index (χ4v) is 4.85. The molecule has 1 aliphatic rings. The van der Waals surface area contributed by atoms with Gasteiger partial charge in [0.1, 0.15) is 13.2 Å². The number of amides is 3. The molecule has 0 bridgehead atoms. The molecule has 0 saturated heterocycles. The Morgan fingerprint density at radius 1 is 1.27 bits per heavy atom. The molecule has 8 heteroatoms. The van der Waals surface area contributed by atoms with Crippen molar-refractivity contribution in [2.45, 2.75) is 52.6 Å². The first-order chi connectivity index (χ1) is 15.8. The number of nitrogens with one attached hydrogen (secondary N) is 1. The molecule has 0 spiro atoms. The minimum Gasteiger partial charge on any atom is -0.488 e. The molecule has 6 nitrogen and oxygen atoms in total. The van der Waals surface area contributed by atoms with Gasteiger partial charge in [-0.3, -0.25) is 4.79 Å². The van der Waals surface area contributed by atoms with Gasteiger partial charge in [-0.05, 0) is 55.3 Å². The zero-order valence-electron chi connectivity index (χ0n) is 19.8. The van der Waals surface area contributed by atoms with Crippen molar-refractivity contribution in [1.29, 1.82) is 0 Å². The Morgan fingerprint density at radius 2 is 2.03 bits per heavy atom. The Hall–Kier alpha value is -2.61. The van der Waals surface area contributed by atoms with E-state index >= 15 is 0 Å². The average molecular weight is 476 g/mol. The standard InChI is InChI=1S/C25H34FN3O3S/c1-5-18(4)14-28(25(31)27-17(2)3)15-24(30)29-12-10-23-19(11-13-33-23)21(29)16-32-22-9-7-6-8-20(22)26/h6-9,11,13,17-18,21H,5,10,12,14-16H2,1-4H3,(H,27,31). The number of nitrogens with zero attached hydrogens (tertiary/aromatic N) is 2. The Balaban J connectivity index is 1.78. The first-order valence-corrected chi connectivity index (χ1v) is 12.5. The number of benzene rings is 1. The van der Waals surface area contributed by atoms with Crippen LogP contribution in [0.25, 0.3) is 0 Å². The molecule has 2 atom stereocenters. The lowest BCUT2D eigenvalue weighted by molar-refractivity contribution is -0.135. The van der Waals surface area contributed by atoms with Crippen molar-refractivity contribution in [3.8, 4) is 5.75 Å². The van der Waals surface area contributed by atoms with E-state index in [2.05, 4.69) is 19.2 Å². The Bertz CT molecular complexity index is 948. The van der Waals surface area contributed by atoms with Crippen LogP contribution in [0.3, 0.4) is 0 Å². The Labute approximate surface area is 199 Å². The summed E-state index contributed by atoms with van der Waals surface area (Å²) in [7, 11) is 0.